The Bertz CT molecular complexity index is 95.6. The van der Waals surface area contributed by atoms with Gasteiger partial charge in [0.15, 0.2) is 0 Å². The van der Waals surface area contributed by atoms with Crippen LogP contribution >= 0.6 is 0 Å². The molecule has 0 aromatic rings. The van der Waals surface area contributed by atoms with Gasteiger partial charge in [-0.05, 0) is 7.05 Å². The Morgan fingerprint density at radius 1 is 1.78 bits per heavy atom. The van der Waals surface area contributed by atoms with Gasteiger partial charge in [-0.15, -0.1) is 12.3 Å². The molecule has 0 saturated carbocycles. The maximum Gasteiger partial charge on any atom is 0.0625 e. The van der Waals surface area contributed by atoms with Crippen molar-refractivity contribution in [2.45, 2.75) is 12.5 Å². The molecule has 0 rings (SSSR count). The molecular formula is C7H13NO. The largest absolute Gasteiger partial charge is 0.383 e. The number of terminal acetylenes is 1. The summed E-state index contributed by atoms with van der Waals surface area (Å²) in [5.74, 6) is 2.56. The summed E-state index contributed by atoms with van der Waals surface area (Å²) in [5.41, 5.74) is 0. The number of rotatable bonds is 4. The summed E-state index contributed by atoms with van der Waals surface area (Å²) in [6, 6.07) is 0.306. The maximum atomic E-state index is 5.09. The Kier molecular flexibility index (Phi) is 5.29. The van der Waals surface area contributed by atoms with Crippen LogP contribution in [0.1, 0.15) is 6.42 Å². The van der Waals surface area contributed by atoms with E-state index in [2.05, 4.69) is 11.2 Å². The summed E-state index contributed by atoms with van der Waals surface area (Å²) in [5, 5.41) is 3.04. The smallest absolute Gasteiger partial charge is 0.0625 e. The molecule has 2 nitrogen and oxygen atoms in total. The van der Waals surface area contributed by atoms with Crippen LogP contribution in [-0.4, -0.2) is 26.8 Å². The number of methoxy groups -OCH3 is 1. The molecular weight excluding hydrogens is 114 g/mol. The monoisotopic (exact) mass is 127 g/mol. The first-order chi connectivity index (χ1) is 4.35. The number of nitrogens with one attached hydrogen (secondary N) is 1. The molecule has 0 spiro atoms. The highest BCUT2D eigenvalue weighted by Gasteiger charge is 2.00. The van der Waals surface area contributed by atoms with Crippen molar-refractivity contribution in [1.82, 2.24) is 5.32 Å². The second-order valence-corrected chi connectivity index (χ2v) is 1.85. The van der Waals surface area contributed by atoms with Crippen LogP contribution in [0.5, 0.6) is 0 Å². The lowest BCUT2D eigenvalue weighted by atomic mass is 10.2. The summed E-state index contributed by atoms with van der Waals surface area (Å²) in [6.07, 6.45) is 5.82. The first-order valence-corrected chi connectivity index (χ1v) is 2.94. The normalized spacial score (nSPS) is 12.6. The molecule has 1 unspecified atom stereocenters. The second-order valence-electron chi connectivity index (χ2n) is 1.85. The molecule has 0 aliphatic rings. The topological polar surface area (TPSA) is 21.3 Å². The van der Waals surface area contributed by atoms with Crippen LogP contribution in [-0.2, 0) is 4.74 Å². The standard InChI is InChI=1S/C7H13NO/c1-4-5-7(8-2)6-9-3/h1,7-8H,5-6H2,2-3H3. The Hall–Kier alpha value is -0.520. The number of likely N-dealkylation sites (N-methyl/N-ethyl adjacent to an activating group) is 1. The molecule has 0 saturated heterocycles. The van der Waals surface area contributed by atoms with Gasteiger partial charge >= 0.3 is 0 Å². The van der Waals surface area contributed by atoms with Gasteiger partial charge in [0.05, 0.1) is 6.61 Å². The predicted molar refractivity (Wildman–Crippen MR) is 38.2 cm³/mol. The van der Waals surface area contributed by atoms with Crippen molar-refractivity contribution in [3.05, 3.63) is 0 Å². The van der Waals surface area contributed by atoms with Gasteiger partial charge in [0.2, 0.25) is 0 Å². The number of hydrogen-bond acceptors (Lipinski definition) is 2. The van der Waals surface area contributed by atoms with Crippen LogP contribution in [0.2, 0.25) is 0 Å². The van der Waals surface area contributed by atoms with Crippen LogP contribution in [0.3, 0.4) is 0 Å². The average molecular weight is 127 g/mol. The molecule has 1 N–H and O–H groups in total. The van der Waals surface area contributed by atoms with E-state index in [1.165, 1.54) is 0 Å². The highest BCUT2D eigenvalue weighted by atomic mass is 16.5. The van der Waals surface area contributed by atoms with Crippen molar-refractivity contribution in [2.24, 2.45) is 0 Å². The lowest BCUT2D eigenvalue weighted by molar-refractivity contribution is 0.171. The third-order valence-electron chi connectivity index (χ3n) is 1.14. The third kappa shape index (κ3) is 4.01. The SMILES string of the molecule is C#CCC(COC)NC. The minimum atomic E-state index is 0.306. The average Bonchev–Trinajstić information content (AvgIpc) is 1.88. The molecule has 0 amide bonds. The summed E-state index contributed by atoms with van der Waals surface area (Å²) in [7, 11) is 3.54. The van der Waals surface area contributed by atoms with E-state index in [4.69, 9.17) is 11.2 Å². The van der Waals surface area contributed by atoms with Gasteiger partial charge < -0.3 is 10.1 Å². The Morgan fingerprint density at radius 3 is 2.78 bits per heavy atom. The minimum Gasteiger partial charge on any atom is -0.383 e. The third-order valence-corrected chi connectivity index (χ3v) is 1.14. The molecule has 0 aromatic carbocycles. The fraction of sp³-hybridized carbons (Fsp3) is 0.714. The lowest BCUT2D eigenvalue weighted by Crippen LogP contribution is -2.29. The summed E-state index contributed by atoms with van der Waals surface area (Å²) in [4.78, 5) is 0. The Labute approximate surface area is 56.6 Å². The molecule has 9 heavy (non-hydrogen) atoms. The van der Waals surface area contributed by atoms with Gasteiger partial charge in [0.1, 0.15) is 0 Å². The van der Waals surface area contributed by atoms with E-state index in [-0.39, 0.29) is 0 Å². The van der Waals surface area contributed by atoms with E-state index in [1.54, 1.807) is 7.11 Å². The zero-order chi connectivity index (χ0) is 7.11. The van der Waals surface area contributed by atoms with Crippen LogP contribution in [0.25, 0.3) is 0 Å². The Morgan fingerprint density at radius 2 is 2.44 bits per heavy atom. The van der Waals surface area contributed by atoms with E-state index in [0.29, 0.717) is 12.6 Å². The van der Waals surface area contributed by atoms with E-state index < -0.39 is 0 Å². The fourth-order valence-electron chi connectivity index (χ4n) is 0.588. The van der Waals surface area contributed by atoms with Gasteiger partial charge in [0, 0.05) is 19.6 Å². The fourth-order valence-corrected chi connectivity index (χ4v) is 0.588. The minimum absolute atomic E-state index is 0.306. The molecule has 0 heterocycles. The first-order valence-electron chi connectivity index (χ1n) is 2.94. The molecule has 2 heteroatoms. The van der Waals surface area contributed by atoms with Crippen molar-refractivity contribution >= 4 is 0 Å². The summed E-state index contributed by atoms with van der Waals surface area (Å²) in [6.45, 7) is 0.681. The van der Waals surface area contributed by atoms with Crippen LogP contribution in [0, 0.1) is 12.3 Å². The van der Waals surface area contributed by atoms with Crippen LogP contribution in [0.4, 0.5) is 0 Å². The van der Waals surface area contributed by atoms with Crippen LogP contribution < -0.4 is 5.32 Å². The van der Waals surface area contributed by atoms with E-state index in [9.17, 15) is 0 Å². The van der Waals surface area contributed by atoms with Crippen molar-refractivity contribution in [1.29, 1.82) is 0 Å². The maximum absolute atomic E-state index is 5.09. The van der Waals surface area contributed by atoms with E-state index in [0.717, 1.165) is 6.42 Å². The molecule has 1 atom stereocenters. The summed E-state index contributed by atoms with van der Waals surface area (Å²) < 4.78 is 4.89. The molecule has 52 valence electrons. The molecule has 0 aliphatic carbocycles. The van der Waals surface area contributed by atoms with Crippen molar-refractivity contribution in [3.8, 4) is 12.3 Å². The first kappa shape index (κ1) is 8.48. The zero-order valence-electron chi connectivity index (χ0n) is 5.98. The van der Waals surface area contributed by atoms with Crippen LogP contribution in [0.15, 0.2) is 0 Å². The highest BCUT2D eigenvalue weighted by molar-refractivity contribution is 4.89. The summed E-state index contributed by atoms with van der Waals surface area (Å²) >= 11 is 0. The van der Waals surface area contributed by atoms with E-state index >= 15 is 0 Å². The van der Waals surface area contributed by atoms with Gasteiger partial charge in [-0.2, -0.15) is 0 Å². The highest BCUT2D eigenvalue weighted by Crippen LogP contribution is 1.88. The van der Waals surface area contributed by atoms with Gasteiger partial charge in [-0.1, -0.05) is 0 Å². The van der Waals surface area contributed by atoms with E-state index in [1.807, 2.05) is 7.05 Å². The van der Waals surface area contributed by atoms with Crippen molar-refractivity contribution in [2.75, 3.05) is 20.8 Å². The molecule has 0 aliphatic heterocycles. The molecule has 0 fully saturated rings. The molecule has 0 aromatic heterocycles. The number of hydrogen-bond donors (Lipinski definition) is 1. The number of ether oxygens (including phenoxy) is 1. The van der Waals surface area contributed by atoms with Gasteiger partial charge in [0.25, 0.3) is 0 Å². The zero-order valence-corrected chi connectivity index (χ0v) is 5.98. The van der Waals surface area contributed by atoms with Crippen molar-refractivity contribution < 1.29 is 4.74 Å². The molecule has 0 bridgehead atoms. The Balaban J connectivity index is 3.32. The van der Waals surface area contributed by atoms with Gasteiger partial charge in [-0.3, -0.25) is 0 Å². The predicted octanol–water partition coefficient (Wildman–Crippen LogP) is 0.244. The second kappa shape index (κ2) is 5.61. The quantitative estimate of drug-likeness (QED) is 0.546. The van der Waals surface area contributed by atoms with Crippen molar-refractivity contribution in [3.63, 3.8) is 0 Å². The molecule has 0 radical (unpaired) electrons. The van der Waals surface area contributed by atoms with Gasteiger partial charge in [-0.25, -0.2) is 0 Å². The lowest BCUT2D eigenvalue weighted by Gasteiger charge is -2.10.